The second-order valence-corrected chi connectivity index (χ2v) is 5.74. The molecule has 2 unspecified atom stereocenters. The Balaban J connectivity index is 2.56. The molecule has 0 amide bonds. The number of benzene rings is 2. The number of aryl methyl sites for hydroxylation is 3. The van der Waals surface area contributed by atoms with E-state index in [-0.39, 0.29) is 11.9 Å². The van der Waals surface area contributed by atoms with Crippen LogP contribution in [0.1, 0.15) is 51.2 Å². The van der Waals surface area contributed by atoms with Gasteiger partial charge in [-0.1, -0.05) is 42.0 Å². The summed E-state index contributed by atoms with van der Waals surface area (Å²) in [4.78, 5) is 13.0. The van der Waals surface area contributed by atoms with Gasteiger partial charge in [-0.3, -0.25) is 4.79 Å². The minimum Gasteiger partial charge on any atom is -0.358 e. The maximum absolute atomic E-state index is 13.0. The summed E-state index contributed by atoms with van der Waals surface area (Å²) in [5.41, 5.74) is 5.64. The molecule has 0 aliphatic heterocycles. The summed E-state index contributed by atoms with van der Waals surface area (Å²) >= 11 is 0. The minimum absolute atomic E-state index is 0.0644. The van der Waals surface area contributed by atoms with Crippen molar-refractivity contribution in [2.24, 2.45) is 0 Å². The van der Waals surface area contributed by atoms with Crippen molar-refractivity contribution in [1.82, 2.24) is 0 Å². The van der Waals surface area contributed by atoms with Crippen LogP contribution in [0.25, 0.3) is 0 Å². The molecule has 0 saturated heterocycles. The van der Waals surface area contributed by atoms with Crippen molar-refractivity contribution in [3.05, 3.63) is 69.8 Å². The molecule has 3 heteroatoms. The first-order chi connectivity index (χ1) is 9.95. The van der Waals surface area contributed by atoms with Gasteiger partial charge in [-0.2, -0.15) is 0 Å². The molecule has 0 aromatic heterocycles. The molecular weight excluding hydrogens is 279 g/mol. The van der Waals surface area contributed by atoms with E-state index in [1.807, 2.05) is 52.0 Å². The summed E-state index contributed by atoms with van der Waals surface area (Å²) in [5.74, 6) is 0.0644. The Morgan fingerprint density at radius 2 is 1.67 bits per heavy atom. The van der Waals surface area contributed by atoms with Crippen molar-refractivity contribution in [3.63, 3.8) is 0 Å². The first kappa shape index (κ1) is 15.9. The van der Waals surface area contributed by atoms with E-state index in [0.717, 1.165) is 22.3 Å². The summed E-state index contributed by atoms with van der Waals surface area (Å²) in [6.07, 6.45) is -0.138. The summed E-state index contributed by atoms with van der Waals surface area (Å²) in [7, 11) is 2.26. The van der Waals surface area contributed by atoms with Gasteiger partial charge in [-0.05, 0) is 44.4 Å². The maximum Gasteiger partial charge on any atom is 0.193 e. The SMILES string of the molecule is Cc1cc(C)c(C(=O)c2ccccc2C(C)OP)c(C)c1. The van der Waals surface area contributed by atoms with E-state index >= 15 is 0 Å². The first-order valence-corrected chi connectivity index (χ1v) is 7.50. The average Bonchev–Trinajstić information content (AvgIpc) is 2.45. The molecule has 21 heavy (non-hydrogen) atoms. The Bertz CT molecular complexity index is 654. The van der Waals surface area contributed by atoms with Gasteiger partial charge in [-0.15, -0.1) is 0 Å². The maximum atomic E-state index is 13.0. The Morgan fingerprint density at radius 3 is 2.24 bits per heavy atom. The van der Waals surface area contributed by atoms with Crippen LogP contribution in [0, 0.1) is 20.8 Å². The van der Waals surface area contributed by atoms with E-state index in [9.17, 15) is 4.79 Å². The summed E-state index contributed by atoms with van der Waals surface area (Å²) < 4.78 is 5.31. The number of rotatable bonds is 4. The lowest BCUT2D eigenvalue weighted by atomic mass is 9.90. The zero-order chi connectivity index (χ0) is 15.6. The largest absolute Gasteiger partial charge is 0.358 e. The number of carbonyl (C=O) groups is 1. The van der Waals surface area contributed by atoms with Crippen LogP contribution in [-0.2, 0) is 4.52 Å². The van der Waals surface area contributed by atoms with Crippen molar-refractivity contribution in [2.75, 3.05) is 0 Å². The molecule has 0 radical (unpaired) electrons. The number of hydrogen-bond donors (Lipinski definition) is 0. The fourth-order valence-corrected chi connectivity index (χ4v) is 2.95. The van der Waals surface area contributed by atoms with E-state index in [4.69, 9.17) is 4.52 Å². The predicted molar refractivity (Wildman–Crippen MR) is 89.7 cm³/mol. The zero-order valence-corrected chi connectivity index (χ0v) is 14.1. The highest BCUT2D eigenvalue weighted by Gasteiger charge is 2.20. The highest BCUT2D eigenvalue weighted by atomic mass is 31.0. The van der Waals surface area contributed by atoms with Crippen molar-refractivity contribution >= 4 is 15.2 Å². The Hall–Kier alpha value is -1.50. The van der Waals surface area contributed by atoms with Crippen LogP contribution < -0.4 is 0 Å². The van der Waals surface area contributed by atoms with Gasteiger partial charge in [0.1, 0.15) is 0 Å². The standard InChI is InChI=1S/C18H21O2P/c1-11-9-12(2)17(13(3)10-11)18(19)16-8-6-5-7-15(16)14(4)20-21/h5-10,14H,21H2,1-4H3. The molecule has 0 spiro atoms. The van der Waals surface area contributed by atoms with Crippen LogP contribution in [-0.4, -0.2) is 5.78 Å². The van der Waals surface area contributed by atoms with Gasteiger partial charge in [0.25, 0.3) is 0 Å². The highest BCUT2D eigenvalue weighted by molar-refractivity contribution is 7.09. The molecule has 2 nitrogen and oxygen atoms in total. The molecule has 2 atom stereocenters. The van der Waals surface area contributed by atoms with Crippen molar-refractivity contribution in [1.29, 1.82) is 0 Å². The molecule has 0 N–H and O–H groups in total. The normalized spacial score (nSPS) is 12.2. The smallest absolute Gasteiger partial charge is 0.193 e. The highest BCUT2D eigenvalue weighted by Crippen LogP contribution is 2.27. The van der Waals surface area contributed by atoms with Gasteiger partial charge >= 0.3 is 0 Å². The molecule has 2 aromatic rings. The third-order valence-corrected chi connectivity index (χ3v) is 4.16. The molecule has 2 rings (SSSR count). The van der Waals surface area contributed by atoms with Gasteiger partial charge < -0.3 is 4.52 Å². The van der Waals surface area contributed by atoms with Crippen molar-refractivity contribution in [3.8, 4) is 0 Å². The number of ketones is 1. The molecule has 0 saturated carbocycles. The zero-order valence-electron chi connectivity index (χ0n) is 12.9. The quantitative estimate of drug-likeness (QED) is 0.604. The van der Waals surface area contributed by atoms with Crippen LogP contribution in [0.4, 0.5) is 0 Å². The van der Waals surface area contributed by atoms with Crippen LogP contribution >= 0.6 is 9.47 Å². The second-order valence-electron chi connectivity index (χ2n) is 5.47. The predicted octanol–water partition coefficient (Wildman–Crippen LogP) is 4.71. The number of carbonyl (C=O) groups excluding carboxylic acids is 1. The van der Waals surface area contributed by atoms with Gasteiger partial charge in [0, 0.05) is 20.6 Å². The van der Waals surface area contributed by atoms with E-state index in [2.05, 4.69) is 21.6 Å². The third kappa shape index (κ3) is 3.23. The van der Waals surface area contributed by atoms with Gasteiger partial charge in [-0.25, -0.2) is 0 Å². The van der Waals surface area contributed by atoms with Crippen LogP contribution in [0.3, 0.4) is 0 Å². The first-order valence-electron chi connectivity index (χ1n) is 7.02. The monoisotopic (exact) mass is 300 g/mol. The van der Waals surface area contributed by atoms with E-state index in [1.165, 1.54) is 5.56 Å². The second kappa shape index (κ2) is 6.51. The molecular formula is C18H21O2P. The van der Waals surface area contributed by atoms with Crippen molar-refractivity contribution < 1.29 is 9.32 Å². The molecule has 0 heterocycles. The van der Waals surface area contributed by atoms with Crippen LogP contribution in [0.5, 0.6) is 0 Å². The molecule has 110 valence electrons. The fraction of sp³-hybridized carbons (Fsp3) is 0.278. The fourth-order valence-electron chi connectivity index (χ4n) is 2.80. The Labute approximate surface area is 128 Å². The Morgan fingerprint density at radius 1 is 1.10 bits per heavy atom. The topological polar surface area (TPSA) is 26.3 Å². The molecule has 0 bridgehead atoms. The number of hydrogen-bond acceptors (Lipinski definition) is 2. The summed E-state index contributed by atoms with van der Waals surface area (Å²) in [6, 6.07) is 11.8. The minimum atomic E-state index is -0.138. The molecule has 0 aliphatic carbocycles. The molecule has 0 aliphatic rings. The van der Waals surface area contributed by atoms with Crippen molar-refractivity contribution in [2.45, 2.75) is 33.8 Å². The van der Waals surface area contributed by atoms with Gasteiger partial charge in [0.2, 0.25) is 0 Å². The van der Waals surface area contributed by atoms with Gasteiger partial charge in [0.15, 0.2) is 5.78 Å². The Kier molecular flexibility index (Phi) is 4.92. The lowest BCUT2D eigenvalue weighted by Crippen LogP contribution is -2.11. The van der Waals surface area contributed by atoms with E-state index in [1.54, 1.807) is 0 Å². The van der Waals surface area contributed by atoms with Crippen LogP contribution in [0.2, 0.25) is 0 Å². The van der Waals surface area contributed by atoms with Crippen LogP contribution in [0.15, 0.2) is 36.4 Å². The molecule has 2 aromatic carbocycles. The lowest BCUT2D eigenvalue weighted by molar-refractivity contribution is 0.103. The summed E-state index contributed by atoms with van der Waals surface area (Å²) in [5, 5.41) is 0. The average molecular weight is 300 g/mol. The van der Waals surface area contributed by atoms with E-state index < -0.39 is 0 Å². The summed E-state index contributed by atoms with van der Waals surface area (Å²) in [6.45, 7) is 7.97. The van der Waals surface area contributed by atoms with E-state index in [0.29, 0.717) is 5.56 Å². The lowest BCUT2D eigenvalue weighted by Gasteiger charge is -2.16. The van der Waals surface area contributed by atoms with Gasteiger partial charge in [0.05, 0.1) is 6.10 Å². The third-order valence-electron chi connectivity index (χ3n) is 3.75. The molecule has 0 fully saturated rings.